The van der Waals surface area contributed by atoms with Gasteiger partial charge in [-0.3, -0.25) is 9.69 Å². The van der Waals surface area contributed by atoms with Gasteiger partial charge in [-0.1, -0.05) is 36.7 Å². The molecule has 1 saturated heterocycles. The van der Waals surface area contributed by atoms with Crippen molar-refractivity contribution in [3.63, 3.8) is 0 Å². The van der Waals surface area contributed by atoms with Crippen LogP contribution in [-0.4, -0.2) is 101 Å². The molecule has 1 spiro atoms. The number of carbonyl (C=O) groups is 1. The number of allylic oxidation sites excluding steroid dienone is 1. The molecule has 6 rings (SSSR count). The van der Waals surface area contributed by atoms with Crippen LogP contribution in [0.4, 0.5) is 5.69 Å². The van der Waals surface area contributed by atoms with Crippen molar-refractivity contribution in [2.75, 3.05) is 65.4 Å². The van der Waals surface area contributed by atoms with Crippen molar-refractivity contribution in [3.8, 4) is 5.75 Å². The minimum atomic E-state index is -3.80. The number of hydrogen-bond donors (Lipinski definition) is 1. The zero-order valence-electron chi connectivity index (χ0n) is 31.5. The van der Waals surface area contributed by atoms with Crippen LogP contribution in [0.1, 0.15) is 81.3 Å². The lowest BCUT2D eigenvalue weighted by Gasteiger charge is -2.57. The number of sulfonamides is 1. The Morgan fingerprint density at radius 2 is 1.94 bits per heavy atom. The molecule has 0 radical (unpaired) electrons. The van der Waals surface area contributed by atoms with E-state index in [4.69, 9.17) is 21.1 Å². The van der Waals surface area contributed by atoms with E-state index in [1.54, 1.807) is 19.9 Å². The van der Waals surface area contributed by atoms with Crippen molar-refractivity contribution in [2.24, 2.45) is 11.8 Å². The molecule has 11 heteroatoms. The van der Waals surface area contributed by atoms with E-state index in [9.17, 15) is 13.2 Å². The number of halogens is 1. The number of anilines is 1. The molecule has 1 saturated carbocycles. The lowest BCUT2D eigenvalue weighted by atomic mass is 9.63. The molecule has 2 aliphatic carbocycles. The van der Waals surface area contributed by atoms with Crippen LogP contribution < -0.4 is 14.4 Å². The number of methoxy groups -OCH3 is 1. The minimum absolute atomic E-state index is 0.163. The average molecular weight is 741 g/mol. The molecular weight excluding hydrogens is 684 g/mol. The summed E-state index contributed by atoms with van der Waals surface area (Å²) in [7, 11) is 2.39. The van der Waals surface area contributed by atoms with Crippen LogP contribution in [-0.2, 0) is 26.6 Å². The third kappa shape index (κ3) is 7.45. The minimum Gasteiger partial charge on any atom is -0.490 e. The van der Waals surface area contributed by atoms with Gasteiger partial charge in [-0.15, -0.1) is 0 Å². The number of carbonyl (C=O) groups excluding carboxylic acids is 1. The van der Waals surface area contributed by atoms with Crippen LogP contribution in [0.5, 0.6) is 5.75 Å². The Kier molecular flexibility index (Phi) is 10.9. The summed E-state index contributed by atoms with van der Waals surface area (Å²) >= 11 is 6.49. The zero-order chi connectivity index (χ0) is 36.8. The first-order chi connectivity index (χ1) is 24.1. The number of fused-ring (bicyclic) bond motifs is 3. The van der Waals surface area contributed by atoms with Crippen molar-refractivity contribution >= 4 is 33.2 Å². The SMILES string of the molecule is CC/C=C/[C@@](CN1CC(C)(N(C)C)C1)(OC)[C@@H]1CC[C@H]1CN1C[C@@]2(CCCc3cc(Cl)ccc32)COc2ccc(C(=O)NS(=O)(=O)C(C)C)cc21. The van der Waals surface area contributed by atoms with Gasteiger partial charge in [-0.2, -0.15) is 0 Å². The van der Waals surface area contributed by atoms with Gasteiger partial charge in [0.25, 0.3) is 5.91 Å². The van der Waals surface area contributed by atoms with E-state index in [-0.39, 0.29) is 11.0 Å². The summed E-state index contributed by atoms with van der Waals surface area (Å²) < 4.78 is 40.8. The second-order valence-electron chi connectivity index (χ2n) is 16.3. The van der Waals surface area contributed by atoms with Gasteiger partial charge in [-0.05, 0) is 127 Å². The fourth-order valence-electron chi connectivity index (χ4n) is 8.83. The molecule has 4 aliphatic rings. The van der Waals surface area contributed by atoms with Gasteiger partial charge in [0.15, 0.2) is 0 Å². The number of likely N-dealkylation sites (N-methyl/N-ethyl adjacent to an activating group) is 1. The van der Waals surface area contributed by atoms with E-state index in [1.807, 2.05) is 25.3 Å². The maximum atomic E-state index is 13.4. The summed E-state index contributed by atoms with van der Waals surface area (Å²) in [6, 6.07) is 11.6. The maximum absolute atomic E-state index is 13.4. The van der Waals surface area contributed by atoms with Gasteiger partial charge in [0, 0.05) is 61.4 Å². The maximum Gasteiger partial charge on any atom is 0.264 e. The topological polar surface area (TPSA) is 91.4 Å². The van der Waals surface area contributed by atoms with Crippen molar-refractivity contribution in [1.82, 2.24) is 14.5 Å². The van der Waals surface area contributed by atoms with E-state index in [1.165, 1.54) is 11.1 Å². The molecule has 280 valence electrons. The molecule has 0 aromatic heterocycles. The van der Waals surface area contributed by atoms with E-state index in [0.29, 0.717) is 36.3 Å². The Balaban J connectivity index is 1.35. The highest BCUT2D eigenvalue weighted by molar-refractivity contribution is 7.90. The predicted octanol–water partition coefficient (Wildman–Crippen LogP) is 6.29. The third-order valence-electron chi connectivity index (χ3n) is 12.3. The van der Waals surface area contributed by atoms with Crippen LogP contribution in [0.15, 0.2) is 48.6 Å². The number of amides is 1. The Labute approximate surface area is 310 Å². The molecule has 9 nitrogen and oxygen atoms in total. The molecule has 2 fully saturated rings. The number of rotatable bonds is 12. The standard InChI is InChI=1S/C40H57ClN4O5S/c1-8-9-19-40(49-7,26-44-23-38(4,24-44)43(5)6)34-15-12-31(34)22-45-25-39(18-10-11-29-20-32(41)14-16-33(29)39)27-50-36-17-13-30(21-35(36)45)37(46)42-51(47,48)28(2)3/h9,13-14,16-17,19-21,28,31,34H,8,10-12,15,18,22-27H2,1-7H3,(H,42,46)/b19-9+/t31-,34+,39-,40-/m0/s1. The number of likely N-dealkylation sites (tertiary alicyclic amines) is 1. The van der Waals surface area contributed by atoms with Gasteiger partial charge in [0.1, 0.15) is 11.4 Å². The summed E-state index contributed by atoms with van der Waals surface area (Å²) in [4.78, 5) is 20.7. The molecular formula is C40H57ClN4O5S. The number of ether oxygens (including phenoxy) is 2. The second kappa shape index (κ2) is 14.7. The van der Waals surface area contributed by atoms with Crippen LogP contribution in [0.2, 0.25) is 5.02 Å². The normalized spacial score (nSPS) is 25.8. The Hall–Kier alpha value is -2.63. The van der Waals surface area contributed by atoms with E-state index in [0.717, 1.165) is 75.4 Å². The van der Waals surface area contributed by atoms with Gasteiger partial charge >= 0.3 is 0 Å². The highest BCUT2D eigenvalue weighted by atomic mass is 35.5. The summed E-state index contributed by atoms with van der Waals surface area (Å²) in [5, 5.41) is 0.0158. The number of nitrogens with one attached hydrogen (secondary N) is 1. The molecule has 0 bridgehead atoms. The molecule has 2 aromatic rings. The summed E-state index contributed by atoms with van der Waals surface area (Å²) in [6.07, 6.45) is 10.7. The highest BCUT2D eigenvalue weighted by Gasteiger charge is 2.52. The van der Waals surface area contributed by atoms with Gasteiger partial charge in [0.05, 0.1) is 17.5 Å². The first-order valence-corrected chi connectivity index (χ1v) is 20.6. The van der Waals surface area contributed by atoms with E-state index in [2.05, 4.69) is 71.6 Å². The Morgan fingerprint density at radius 1 is 1.18 bits per heavy atom. The third-order valence-corrected chi connectivity index (χ3v) is 14.3. The number of hydrogen-bond acceptors (Lipinski definition) is 8. The molecule has 2 aromatic carbocycles. The molecule has 51 heavy (non-hydrogen) atoms. The van der Waals surface area contributed by atoms with Crippen LogP contribution in [0.3, 0.4) is 0 Å². The number of aryl methyl sites for hydroxylation is 1. The molecule has 2 heterocycles. The van der Waals surface area contributed by atoms with Gasteiger partial charge in [0.2, 0.25) is 10.0 Å². The van der Waals surface area contributed by atoms with Crippen molar-refractivity contribution < 1.29 is 22.7 Å². The van der Waals surface area contributed by atoms with Crippen molar-refractivity contribution in [1.29, 1.82) is 0 Å². The summed E-state index contributed by atoms with van der Waals surface area (Å²) in [6.45, 7) is 12.5. The second-order valence-corrected chi connectivity index (χ2v) is 18.9. The smallest absolute Gasteiger partial charge is 0.264 e. The molecule has 2 aliphatic heterocycles. The van der Waals surface area contributed by atoms with E-state index < -0.39 is 26.8 Å². The van der Waals surface area contributed by atoms with Crippen molar-refractivity contribution in [3.05, 3.63) is 70.3 Å². The zero-order valence-corrected chi connectivity index (χ0v) is 33.1. The summed E-state index contributed by atoms with van der Waals surface area (Å²) in [5.41, 5.74) is 3.14. The molecule has 1 amide bonds. The highest BCUT2D eigenvalue weighted by Crippen LogP contribution is 2.49. The number of nitrogens with zero attached hydrogens (tertiary/aromatic N) is 3. The molecule has 0 unspecified atom stereocenters. The Bertz CT molecular complexity index is 1740. The van der Waals surface area contributed by atoms with Crippen LogP contribution in [0, 0.1) is 11.8 Å². The fourth-order valence-corrected chi connectivity index (χ4v) is 9.64. The average Bonchev–Trinajstić information content (AvgIpc) is 3.21. The van der Waals surface area contributed by atoms with Gasteiger partial charge < -0.3 is 19.3 Å². The van der Waals surface area contributed by atoms with Crippen LogP contribution in [0.25, 0.3) is 0 Å². The summed E-state index contributed by atoms with van der Waals surface area (Å²) in [5.74, 6) is 0.717. The quantitative estimate of drug-likeness (QED) is 0.254. The lowest BCUT2D eigenvalue weighted by Crippen LogP contribution is -2.70. The molecule has 4 atom stereocenters. The fraction of sp³-hybridized carbons (Fsp3) is 0.625. The monoisotopic (exact) mass is 740 g/mol. The first kappa shape index (κ1) is 38.1. The van der Waals surface area contributed by atoms with Gasteiger partial charge in [-0.25, -0.2) is 13.1 Å². The largest absolute Gasteiger partial charge is 0.490 e. The predicted molar refractivity (Wildman–Crippen MR) is 206 cm³/mol. The molecule has 1 N–H and O–H groups in total. The van der Waals surface area contributed by atoms with Crippen molar-refractivity contribution in [2.45, 2.75) is 88.0 Å². The lowest BCUT2D eigenvalue weighted by molar-refractivity contribution is -0.120. The van der Waals surface area contributed by atoms with Crippen LogP contribution >= 0.6 is 11.6 Å². The van der Waals surface area contributed by atoms with E-state index >= 15 is 0 Å². The first-order valence-electron chi connectivity index (χ1n) is 18.6. The number of benzene rings is 2. The Morgan fingerprint density at radius 3 is 2.59 bits per heavy atom.